The van der Waals surface area contributed by atoms with Gasteiger partial charge in [0.1, 0.15) is 0 Å². The van der Waals surface area contributed by atoms with Crippen LogP contribution in [0.25, 0.3) is 11.7 Å². The third kappa shape index (κ3) is 3.60. The van der Waals surface area contributed by atoms with Crippen LogP contribution >= 0.6 is 0 Å². The maximum absolute atomic E-state index is 12.4. The summed E-state index contributed by atoms with van der Waals surface area (Å²) >= 11 is 0. The molecule has 1 aromatic carbocycles. The lowest BCUT2D eigenvalue weighted by Gasteiger charge is -2.16. The summed E-state index contributed by atoms with van der Waals surface area (Å²) in [5.41, 5.74) is 5.95. The van der Waals surface area contributed by atoms with Gasteiger partial charge in [-0.3, -0.25) is 14.8 Å². The number of hydrogen-bond acceptors (Lipinski definition) is 3. The molecule has 1 unspecified atom stereocenters. The molecule has 0 spiro atoms. The minimum absolute atomic E-state index is 0.000224. The average Bonchev–Trinajstić information content (AvgIpc) is 3.27. The lowest BCUT2D eigenvalue weighted by molar-refractivity contribution is 0.363. The van der Waals surface area contributed by atoms with Gasteiger partial charge in [-0.05, 0) is 39.3 Å². The number of nitrogens with one attached hydrogen (secondary N) is 1. The molecule has 5 nitrogen and oxygen atoms in total. The second-order valence-corrected chi connectivity index (χ2v) is 7.65. The number of benzene rings is 1. The quantitative estimate of drug-likeness (QED) is 0.772. The summed E-state index contributed by atoms with van der Waals surface area (Å²) in [6.07, 6.45) is 3.35. The molecule has 1 aliphatic rings. The highest BCUT2D eigenvalue weighted by molar-refractivity contribution is 5.52. The molecule has 3 heterocycles. The molecule has 0 amide bonds. The molecule has 1 aliphatic heterocycles. The van der Waals surface area contributed by atoms with Crippen molar-refractivity contribution >= 4 is 11.7 Å². The van der Waals surface area contributed by atoms with E-state index in [1.807, 2.05) is 26.0 Å². The van der Waals surface area contributed by atoms with Gasteiger partial charge in [-0.25, -0.2) is 9.50 Å². The van der Waals surface area contributed by atoms with Crippen molar-refractivity contribution in [3.8, 4) is 0 Å². The third-order valence-electron chi connectivity index (χ3n) is 5.50. The second-order valence-electron chi connectivity index (χ2n) is 7.65. The Morgan fingerprint density at radius 2 is 2.07 bits per heavy atom. The number of hydrogen-bond donors (Lipinski definition) is 1. The topological polar surface area (TPSA) is 53.4 Å². The van der Waals surface area contributed by atoms with Gasteiger partial charge in [-0.2, -0.15) is 0 Å². The zero-order valence-corrected chi connectivity index (χ0v) is 16.2. The van der Waals surface area contributed by atoms with Gasteiger partial charge in [0, 0.05) is 42.0 Å². The van der Waals surface area contributed by atoms with Crippen molar-refractivity contribution in [2.45, 2.75) is 33.1 Å². The van der Waals surface area contributed by atoms with Crippen molar-refractivity contribution in [3.05, 3.63) is 74.8 Å². The molecule has 1 N–H and O–H groups in total. The van der Waals surface area contributed by atoms with Crippen LogP contribution in [0, 0.1) is 13.8 Å². The normalized spacial score (nSPS) is 18.5. The zero-order valence-electron chi connectivity index (χ0n) is 16.2. The number of aryl methyl sites for hydroxylation is 1. The molecular weight excluding hydrogens is 336 g/mol. The van der Waals surface area contributed by atoms with Gasteiger partial charge in [0.15, 0.2) is 5.65 Å². The van der Waals surface area contributed by atoms with Crippen molar-refractivity contribution in [2.24, 2.45) is 0 Å². The SMILES string of the molecule is CC(=Cc1ccccc1)CN1CCC(c2cc3nc(C)c(C)c(=O)n3[nH]2)C1. The summed E-state index contributed by atoms with van der Waals surface area (Å²) in [5, 5.41) is 3.29. The van der Waals surface area contributed by atoms with Gasteiger partial charge in [0.05, 0.1) is 0 Å². The number of nitrogens with zero attached hydrogens (tertiary/aromatic N) is 3. The molecule has 3 aromatic rings. The number of likely N-dealkylation sites (tertiary alicyclic amines) is 1. The Hall–Kier alpha value is -2.66. The molecule has 5 heteroatoms. The van der Waals surface area contributed by atoms with Crippen LogP contribution in [0.1, 0.15) is 41.8 Å². The Morgan fingerprint density at radius 1 is 1.30 bits per heavy atom. The van der Waals surface area contributed by atoms with Crippen LogP contribution in [0.2, 0.25) is 0 Å². The van der Waals surface area contributed by atoms with Gasteiger partial charge < -0.3 is 0 Å². The van der Waals surface area contributed by atoms with Gasteiger partial charge in [0.2, 0.25) is 0 Å². The monoisotopic (exact) mass is 362 g/mol. The maximum atomic E-state index is 12.4. The molecule has 2 aromatic heterocycles. The number of fused-ring (bicyclic) bond motifs is 1. The van der Waals surface area contributed by atoms with E-state index in [4.69, 9.17) is 0 Å². The molecule has 140 valence electrons. The fourth-order valence-electron chi connectivity index (χ4n) is 3.91. The first-order valence-corrected chi connectivity index (χ1v) is 9.54. The molecule has 0 radical (unpaired) electrons. The molecule has 0 saturated carbocycles. The smallest absolute Gasteiger partial charge is 0.275 e. The minimum atomic E-state index is 0.000224. The number of aromatic amines is 1. The van der Waals surface area contributed by atoms with E-state index in [0.29, 0.717) is 11.5 Å². The molecular formula is C22H26N4O. The van der Waals surface area contributed by atoms with E-state index in [9.17, 15) is 4.79 Å². The third-order valence-corrected chi connectivity index (χ3v) is 5.50. The van der Waals surface area contributed by atoms with Crippen molar-refractivity contribution in [3.63, 3.8) is 0 Å². The standard InChI is InChI=1S/C22H26N4O/c1-15(11-18-7-5-4-6-8-18)13-25-10-9-19(14-25)20-12-21-23-17(3)16(2)22(27)26(21)24-20/h4-8,11-12,19,24H,9-10,13-14H2,1-3H3. The summed E-state index contributed by atoms with van der Waals surface area (Å²) in [4.78, 5) is 19.5. The Kier molecular flexibility index (Phi) is 4.70. The molecule has 1 fully saturated rings. The first kappa shape index (κ1) is 17.7. The molecule has 0 aliphatic carbocycles. The predicted molar refractivity (Wildman–Crippen MR) is 109 cm³/mol. The fraction of sp³-hybridized carbons (Fsp3) is 0.364. The highest BCUT2D eigenvalue weighted by atomic mass is 16.1. The van der Waals surface area contributed by atoms with Crippen LogP contribution in [0.4, 0.5) is 0 Å². The minimum Gasteiger partial charge on any atom is -0.299 e. The first-order chi connectivity index (χ1) is 13.0. The van der Waals surface area contributed by atoms with E-state index in [0.717, 1.165) is 43.1 Å². The number of H-pyrrole nitrogens is 1. The highest BCUT2D eigenvalue weighted by Gasteiger charge is 2.25. The van der Waals surface area contributed by atoms with Crippen molar-refractivity contribution in [1.82, 2.24) is 19.5 Å². The van der Waals surface area contributed by atoms with E-state index < -0.39 is 0 Å². The molecule has 1 saturated heterocycles. The molecule has 4 rings (SSSR count). The van der Waals surface area contributed by atoms with Crippen LogP contribution in [0.3, 0.4) is 0 Å². The van der Waals surface area contributed by atoms with Gasteiger partial charge in [-0.1, -0.05) is 42.0 Å². The van der Waals surface area contributed by atoms with Gasteiger partial charge in [0.25, 0.3) is 5.56 Å². The second kappa shape index (κ2) is 7.16. The lowest BCUT2D eigenvalue weighted by atomic mass is 10.1. The van der Waals surface area contributed by atoms with Crippen LogP contribution in [0.15, 0.2) is 46.8 Å². The molecule has 1 atom stereocenters. The molecule has 27 heavy (non-hydrogen) atoms. The van der Waals surface area contributed by atoms with E-state index >= 15 is 0 Å². The van der Waals surface area contributed by atoms with Gasteiger partial charge >= 0.3 is 0 Å². The Bertz CT molecular complexity index is 1050. The number of rotatable bonds is 4. The summed E-state index contributed by atoms with van der Waals surface area (Å²) in [6, 6.07) is 12.5. The molecule has 0 bridgehead atoms. The maximum Gasteiger partial charge on any atom is 0.275 e. The largest absolute Gasteiger partial charge is 0.299 e. The first-order valence-electron chi connectivity index (χ1n) is 9.54. The Balaban J connectivity index is 1.48. The lowest BCUT2D eigenvalue weighted by Crippen LogP contribution is -2.22. The highest BCUT2D eigenvalue weighted by Crippen LogP contribution is 2.27. The van der Waals surface area contributed by atoms with Crippen molar-refractivity contribution < 1.29 is 0 Å². The Labute approximate surface area is 159 Å². The van der Waals surface area contributed by atoms with Crippen molar-refractivity contribution in [1.29, 1.82) is 0 Å². The van der Waals surface area contributed by atoms with E-state index in [-0.39, 0.29) is 5.56 Å². The summed E-state index contributed by atoms with van der Waals surface area (Å²) in [7, 11) is 0. The summed E-state index contributed by atoms with van der Waals surface area (Å²) in [6.45, 7) is 8.96. The summed E-state index contributed by atoms with van der Waals surface area (Å²) in [5.74, 6) is 0.413. The average molecular weight is 362 g/mol. The van der Waals surface area contributed by atoms with Crippen LogP contribution < -0.4 is 5.56 Å². The fourth-order valence-corrected chi connectivity index (χ4v) is 3.91. The van der Waals surface area contributed by atoms with E-state index in [1.54, 1.807) is 4.52 Å². The van der Waals surface area contributed by atoms with Gasteiger partial charge in [-0.15, -0.1) is 0 Å². The Morgan fingerprint density at radius 3 is 2.85 bits per heavy atom. The van der Waals surface area contributed by atoms with E-state index in [2.05, 4.69) is 52.2 Å². The van der Waals surface area contributed by atoms with Crippen LogP contribution in [-0.2, 0) is 0 Å². The van der Waals surface area contributed by atoms with Crippen LogP contribution in [-0.4, -0.2) is 39.1 Å². The number of aromatic nitrogens is 3. The zero-order chi connectivity index (χ0) is 19.0. The van der Waals surface area contributed by atoms with E-state index in [1.165, 1.54) is 11.1 Å². The predicted octanol–water partition coefficient (Wildman–Crippen LogP) is 3.53. The van der Waals surface area contributed by atoms with Crippen LogP contribution in [0.5, 0.6) is 0 Å². The van der Waals surface area contributed by atoms with Crippen molar-refractivity contribution in [2.75, 3.05) is 19.6 Å². The summed E-state index contributed by atoms with van der Waals surface area (Å²) < 4.78 is 1.58.